The van der Waals surface area contributed by atoms with Gasteiger partial charge in [0.1, 0.15) is 5.60 Å². The number of rotatable bonds is 2. The lowest BCUT2D eigenvalue weighted by molar-refractivity contribution is -0.195. The molecule has 0 bridgehead atoms. The minimum absolute atomic E-state index is 0.0751. The molecule has 1 saturated carbocycles. The first kappa shape index (κ1) is 14.0. The van der Waals surface area contributed by atoms with Gasteiger partial charge in [-0.1, -0.05) is 0 Å². The lowest BCUT2D eigenvalue weighted by atomic mass is 9.78. The van der Waals surface area contributed by atoms with Gasteiger partial charge in [0.2, 0.25) is 0 Å². The molecular weight excluding hydrogens is 277 g/mol. The van der Waals surface area contributed by atoms with Gasteiger partial charge in [-0.3, -0.25) is 4.18 Å². The highest BCUT2D eigenvalue weighted by Crippen LogP contribution is 2.47. The Balaban J connectivity index is 1.92. The fraction of sp³-hybridized carbons (Fsp3) is 1.00. The van der Waals surface area contributed by atoms with E-state index >= 15 is 0 Å². The third-order valence-electron chi connectivity index (χ3n) is 2.89. The Labute approximate surface area is 102 Å². The van der Waals surface area contributed by atoms with Crippen LogP contribution in [0.5, 0.6) is 0 Å². The second-order valence-electron chi connectivity index (χ2n) is 5.00. The van der Waals surface area contributed by atoms with Crippen LogP contribution >= 0.6 is 0 Å². The Bertz CT molecular complexity index is 436. The molecule has 1 aliphatic heterocycles. The molecule has 0 unspecified atom stereocenters. The third-order valence-corrected chi connectivity index (χ3v) is 3.98. The standard InChI is InChI=1S/C9H13F3O5S/c1-7(2)15-5-8(17-7)3-6(4-8)16-18(13,14)9(10,11)12/h6H,3-5H2,1-2H3. The van der Waals surface area contributed by atoms with Gasteiger partial charge in [0.15, 0.2) is 5.79 Å². The smallest absolute Gasteiger partial charge is 0.347 e. The van der Waals surface area contributed by atoms with Gasteiger partial charge in [0.25, 0.3) is 0 Å². The van der Waals surface area contributed by atoms with Crippen molar-refractivity contribution in [3.8, 4) is 0 Å². The van der Waals surface area contributed by atoms with Crippen molar-refractivity contribution in [1.29, 1.82) is 0 Å². The average molecular weight is 290 g/mol. The van der Waals surface area contributed by atoms with Crippen molar-refractivity contribution < 1.29 is 35.2 Å². The van der Waals surface area contributed by atoms with E-state index in [1.54, 1.807) is 13.8 Å². The average Bonchev–Trinajstić information content (AvgIpc) is 2.38. The molecule has 106 valence electrons. The van der Waals surface area contributed by atoms with Gasteiger partial charge in [0.05, 0.1) is 12.7 Å². The van der Waals surface area contributed by atoms with Crippen molar-refractivity contribution in [3.63, 3.8) is 0 Å². The van der Waals surface area contributed by atoms with Gasteiger partial charge in [-0.2, -0.15) is 21.6 Å². The summed E-state index contributed by atoms with van der Waals surface area (Å²) in [7, 11) is -5.53. The van der Waals surface area contributed by atoms with Crippen LogP contribution < -0.4 is 0 Å². The quantitative estimate of drug-likeness (QED) is 0.570. The molecule has 18 heavy (non-hydrogen) atoms. The predicted molar refractivity (Wildman–Crippen MR) is 52.9 cm³/mol. The summed E-state index contributed by atoms with van der Waals surface area (Å²) in [5, 5.41) is 0. The molecule has 5 nitrogen and oxygen atoms in total. The predicted octanol–water partition coefficient (Wildman–Crippen LogP) is 1.54. The largest absolute Gasteiger partial charge is 0.523 e. The number of hydrogen-bond acceptors (Lipinski definition) is 5. The molecule has 2 fully saturated rings. The molecular formula is C9H13F3O5S. The van der Waals surface area contributed by atoms with Crippen molar-refractivity contribution in [1.82, 2.24) is 0 Å². The molecule has 2 rings (SSSR count). The maximum Gasteiger partial charge on any atom is 0.523 e. The fourth-order valence-electron chi connectivity index (χ4n) is 2.16. The molecule has 0 N–H and O–H groups in total. The van der Waals surface area contributed by atoms with Crippen LogP contribution in [0, 0.1) is 0 Å². The fourth-order valence-corrected chi connectivity index (χ4v) is 2.76. The maximum absolute atomic E-state index is 12.1. The molecule has 0 amide bonds. The summed E-state index contributed by atoms with van der Waals surface area (Å²) in [6.45, 7) is 3.59. The van der Waals surface area contributed by atoms with E-state index in [1.807, 2.05) is 0 Å². The minimum Gasteiger partial charge on any atom is -0.347 e. The summed E-state index contributed by atoms with van der Waals surface area (Å²) in [5.41, 5.74) is -6.10. The van der Waals surface area contributed by atoms with Gasteiger partial charge < -0.3 is 9.47 Å². The summed E-state index contributed by atoms with van der Waals surface area (Å²) in [6, 6.07) is 0. The van der Waals surface area contributed by atoms with E-state index in [9.17, 15) is 21.6 Å². The summed E-state index contributed by atoms with van der Waals surface area (Å²) < 4.78 is 72.7. The Morgan fingerprint density at radius 1 is 1.28 bits per heavy atom. The first-order valence-corrected chi connectivity index (χ1v) is 6.69. The molecule has 2 aliphatic rings. The molecule has 1 heterocycles. The van der Waals surface area contributed by atoms with Crippen LogP contribution in [-0.4, -0.2) is 38.0 Å². The van der Waals surface area contributed by atoms with Crippen molar-refractivity contribution in [2.45, 2.75) is 49.7 Å². The highest BCUT2D eigenvalue weighted by Gasteiger charge is 2.58. The van der Waals surface area contributed by atoms with E-state index in [0.717, 1.165) is 0 Å². The van der Waals surface area contributed by atoms with Gasteiger partial charge in [-0.15, -0.1) is 0 Å². The summed E-state index contributed by atoms with van der Waals surface area (Å²) in [6.07, 6.45) is -0.855. The molecule has 1 spiro atoms. The number of halogens is 3. The Morgan fingerprint density at radius 3 is 2.22 bits per heavy atom. The highest BCUT2D eigenvalue weighted by molar-refractivity contribution is 7.87. The highest BCUT2D eigenvalue weighted by atomic mass is 32.2. The number of alkyl halides is 3. The Kier molecular flexibility index (Phi) is 2.97. The van der Waals surface area contributed by atoms with Crippen LogP contribution in [0.4, 0.5) is 13.2 Å². The molecule has 0 atom stereocenters. The first-order chi connectivity index (χ1) is 7.95. The molecule has 0 aromatic carbocycles. The Hall–Kier alpha value is -0.380. The van der Waals surface area contributed by atoms with Crippen LogP contribution in [0.3, 0.4) is 0 Å². The van der Waals surface area contributed by atoms with Gasteiger partial charge >= 0.3 is 15.6 Å². The second-order valence-corrected chi connectivity index (χ2v) is 6.56. The second kappa shape index (κ2) is 3.81. The summed E-state index contributed by atoms with van der Waals surface area (Å²) >= 11 is 0. The zero-order valence-electron chi connectivity index (χ0n) is 9.78. The first-order valence-electron chi connectivity index (χ1n) is 5.28. The molecule has 9 heteroatoms. The SMILES string of the molecule is CC1(C)OCC2(CC(OS(=O)(=O)C(F)(F)F)C2)O1. The lowest BCUT2D eigenvalue weighted by Gasteiger charge is -2.42. The number of hydrogen-bond donors (Lipinski definition) is 0. The molecule has 0 radical (unpaired) electrons. The van der Waals surface area contributed by atoms with Crippen molar-refractivity contribution in [2.24, 2.45) is 0 Å². The van der Waals surface area contributed by atoms with Crippen molar-refractivity contribution in [3.05, 3.63) is 0 Å². The van der Waals surface area contributed by atoms with Crippen molar-refractivity contribution in [2.75, 3.05) is 6.61 Å². The zero-order valence-corrected chi connectivity index (χ0v) is 10.6. The zero-order chi connectivity index (χ0) is 13.8. The summed E-state index contributed by atoms with van der Waals surface area (Å²) in [4.78, 5) is 0. The van der Waals surface area contributed by atoms with E-state index in [1.165, 1.54) is 0 Å². The minimum atomic E-state index is -5.53. The van der Waals surface area contributed by atoms with E-state index < -0.39 is 33.1 Å². The van der Waals surface area contributed by atoms with Gasteiger partial charge in [0, 0.05) is 12.8 Å². The van der Waals surface area contributed by atoms with Crippen LogP contribution in [0.1, 0.15) is 26.7 Å². The molecule has 1 aliphatic carbocycles. The van der Waals surface area contributed by atoms with Crippen LogP contribution in [0.25, 0.3) is 0 Å². The van der Waals surface area contributed by atoms with E-state index in [2.05, 4.69) is 4.18 Å². The molecule has 0 aromatic heterocycles. The Morgan fingerprint density at radius 2 is 1.83 bits per heavy atom. The van der Waals surface area contributed by atoms with Gasteiger partial charge in [-0.25, -0.2) is 0 Å². The normalized spacial score (nSPS) is 35.7. The monoisotopic (exact) mass is 290 g/mol. The van der Waals surface area contributed by atoms with E-state index in [0.29, 0.717) is 0 Å². The topological polar surface area (TPSA) is 61.8 Å². The van der Waals surface area contributed by atoms with Gasteiger partial charge in [-0.05, 0) is 13.8 Å². The van der Waals surface area contributed by atoms with E-state index in [4.69, 9.17) is 9.47 Å². The number of ether oxygens (including phenoxy) is 2. The molecule has 0 aromatic rings. The van der Waals surface area contributed by atoms with Crippen LogP contribution in [-0.2, 0) is 23.8 Å². The van der Waals surface area contributed by atoms with E-state index in [-0.39, 0.29) is 19.4 Å². The maximum atomic E-state index is 12.1. The molecule has 1 saturated heterocycles. The lowest BCUT2D eigenvalue weighted by Crippen LogP contribution is -2.52. The summed E-state index contributed by atoms with van der Waals surface area (Å²) in [5.74, 6) is -0.798. The third kappa shape index (κ3) is 2.49. The van der Waals surface area contributed by atoms with Crippen molar-refractivity contribution >= 4 is 10.1 Å². The van der Waals surface area contributed by atoms with Crippen LogP contribution in [0.15, 0.2) is 0 Å². The van der Waals surface area contributed by atoms with Crippen LogP contribution in [0.2, 0.25) is 0 Å².